The van der Waals surface area contributed by atoms with Crippen molar-refractivity contribution in [1.82, 2.24) is 5.32 Å². The number of nitrogens with one attached hydrogen (secondary N) is 2. The van der Waals surface area contributed by atoms with Crippen molar-refractivity contribution in [3.63, 3.8) is 0 Å². The molecule has 0 atom stereocenters. The smallest absolute Gasteiger partial charge is 0.340 e. The zero-order chi connectivity index (χ0) is 30.4. The van der Waals surface area contributed by atoms with Gasteiger partial charge in [-0.3, -0.25) is 19.3 Å². The van der Waals surface area contributed by atoms with E-state index in [0.29, 0.717) is 28.4 Å². The minimum absolute atomic E-state index is 0.0838. The number of halogens is 1. The summed E-state index contributed by atoms with van der Waals surface area (Å²) in [5.41, 5.74) is 1.79. The number of hydrogen-bond donors (Lipinski definition) is 2. The molecule has 2 aromatic carbocycles. The highest BCUT2D eigenvalue weighted by Crippen LogP contribution is 2.36. The predicted molar refractivity (Wildman–Crippen MR) is 156 cm³/mol. The molecule has 0 saturated heterocycles. The summed E-state index contributed by atoms with van der Waals surface area (Å²) in [4.78, 5) is 63.8. The molecule has 0 fully saturated rings. The molecule has 0 radical (unpaired) electrons. The van der Waals surface area contributed by atoms with Gasteiger partial charge in [0.05, 0.1) is 37.0 Å². The Hall–Kier alpha value is -4.97. The average Bonchev–Trinajstić information content (AvgIpc) is 3.53. The summed E-state index contributed by atoms with van der Waals surface area (Å²) in [5, 5.41) is 4.90. The van der Waals surface area contributed by atoms with E-state index in [-0.39, 0.29) is 30.1 Å². The van der Waals surface area contributed by atoms with Crippen molar-refractivity contribution >= 4 is 63.0 Å². The summed E-state index contributed by atoms with van der Waals surface area (Å²) in [5.74, 6) is -2.88. The van der Waals surface area contributed by atoms with E-state index < -0.39 is 29.7 Å². The highest BCUT2D eigenvalue weighted by molar-refractivity contribution is 9.10. The van der Waals surface area contributed by atoms with Crippen LogP contribution in [0.1, 0.15) is 35.7 Å². The maximum Gasteiger partial charge on any atom is 0.340 e. The number of benzene rings is 2. The maximum atomic E-state index is 13.4. The van der Waals surface area contributed by atoms with E-state index in [2.05, 4.69) is 26.6 Å². The third-order valence-electron chi connectivity index (χ3n) is 6.13. The lowest BCUT2D eigenvalue weighted by Crippen LogP contribution is -2.34. The average molecular weight is 636 g/mol. The molecule has 0 aliphatic carbocycles. The number of nitrogens with zero attached hydrogens (tertiary/aromatic N) is 1. The van der Waals surface area contributed by atoms with Gasteiger partial charge in [-0.15, -0.1) is 0 Å². The van der Waals surface area contributed by atoms with E-state index in [1.54, 1.807) is 50.2 Å². The van der Waals surface area contributed by atoms with Gasteiger partial charge >= 0.3 is 23.8 Å². The Balaban J connectivity index is 1.42. The van der Waals surface area contributed by atoms with Gasteiger partial charge < -0.3 is 24.5 Å². The van der Waals surface area contributed by atoms with Crippen LogP contribution in [0.4, 0.5) is 11.4 Å². The standard InChI is InChI=1S/C30H26BrN3O8/c1-4-41-29(38)18-5-9-20(10-6-18)33-27(36)26(35)32-16-23-14-13-22(42-23)15-24-25(30(39)40-3)17(2)34(28(24)37)21-11-7-19(31)8-12-21/h5-15H,4,16H2,1-3H3,(H,32,35)(H,33,36)/b24-15+. The van der Waals surface area contributed by atoms with E-state index >= 15 is 0 Å². The summed E-state index contributed by atoms with van der Waals surface area (Å²) in [6, 6.07) is 16.1. The Morgan fingerprint density at radius 2 is 1.64 bits per heavy atom. The van der Waals surface area contributed by atoms with Gasteiger partial charge in [0, 0.05) is 21.5 Å². The molecule has 2 N–H and O–H groups in total. The van der Waals surface area contributed by atoms with Crippen LogP contribution in [-0.2, 0) is 35.2 Å². The van der Waals surface area contributed by atoms with Crippen LogP contribution in [0.3, 0.4) is 0 Å². The van der Waals surface area contributed by atoms with Gasteiger partial charge in [0.2, 0.25) is 0 Å². The topological polar surface area (TPSA) is 144 Å². The van der Waals surface area contributed by atoms with Gasteiger partial charge in [-0.25, -0.2) is 9.59 Å². The maximum absolute atomic E-state index is 13.4. The first kappa shape index (κ1) is 30.0. The Morgan fingerprint density at radius 1 is 0.952 bits per heavy atom. The minimum atomic E-state index is -0.916. The van der Waals surface area contributed by atoms with Crippen LogP contribution in [0.5, 0.6) is 0 Å². The van der Waals surface area contributed by atoms with Crippen LogP contribution in [0.15, 0.2) is 86.4 Å². The fourth-order valence-electron chi connectivity index (χ4n) is 4.13. The van der Waals surface area contributed by atoms with Crippen molar-refractivity contribution in [3.8, 4) is 0 Å². The molecular formula is C30H26BrN3O8. The monoisotopic (exact) mass is 635 g/mol. The molecule has 1 aromatic heterocycles. The molecule has 0 saturated carbocycles. The van der Waals surface area contributed by atoms with E-state index in [1.165, 1.54) is 42.4 Å². The van der Waals surface area contributed by atoms with Gasteiger partial charge in [0.25, 0.3) is 5.91 Å². The zero-order valence-electron chi connectivity index (χ0n) is 22.9. The minimum Gasteiger partial charge on any atom is -0.465 e. The van der Waals surface area contributed by atoms with Crippen molar-refractivity contribution in [3.05, 3.63) is 99.1 Å². The largest absolute Gasteiger partial charge is 0.465 e. The number of methoxy groups -OCH3 is 1. The fraction of sp³-hybridized carbons (Fsp3) is 0.167. The molecule has 0 spiro atoms. The summed E-state index contributed by atoms with van der Waals surface area (Å²) in [6.07, 6.45) is 1.43. The summed E-state index contributed by atoms with van der Waals surface area (Å²) < 4.78 is 16.4. The molecule has 3 aromatic rings. The highest BCUT2D eigenvalue weighted by Gasteiger charge is 2.38. The Labute approximate surface area is 249 Å². The number of allylic oxidation sites excluding steroid dienone is 1. The van der Waals surface area contributed by atoms with Crippen LogP contribution >= 0.6 is 15.9 Å². The normalized spacial score (nSPS) is 13.8. The van der Waals surface area contributed by atoms with Crippen LogP contribution in [0.2, 0.25) is 0 Å². The van der Waals surface area contributed by atoms with Crippen LogP contribution in [0, 0.1) is 0 Å². The molecule has 0 bridgehead atoms. The van der Waals surface area contributed by atoms with Gasteiger partial charge in [0.1, 0.15) is 11.5 Å². The number of carbonyl (C=O) groups excluding carboxylic acids is 5. The Morgan fingerprint density at radius 3 is 2.29 bits per heavy atom. The molecule has 2 heterocycles. The number of furan rings is 1. The van der Waals surface area contributed by atoms with E-state index in [1.807, 2.05) is 0 Å². The van der Waals surface area contributed by atoms with Gasteiger partial charge in [-0.2, -0.15) is 0 Å². The third-order valence-corrected chi connectivity index (χ3v) is 6.66. The van der Waals surface area contributed by atoms with Gasteiger partial charge in [0.15, 0.2) is 0 Å². The second-order valence-electron chi connectivity index (χ2n) is 8.87. The summed E-state index contributed by atoms with van der Waals surface area (Å²) >= 11 is 3.37. The first-order valence-corrected chi connectivity index (χ1v) is 13.5. The SMILES string of the molecule is CCOC(=O)c1ccc(NC(=O)C(=O)NCc2ccc(/C=C3/C(=O)N(c4ccc(Br)cc4)C(C)=C3C(=O)OC)o2)cc1. The molecule has 1 aliphatic rings. The summed E-state index contributed by atoms with van der Waals surface area (Å²) in [6.45, 7) is 3.46. The van der Waals surface area contributed by atoms with E-state index in [9.17, 15) is 24.0 Å². The van der Waals surface area contributed by atoms with Crippen molar-refractivity contribution in [1.29, 1.82) is 0 Å². The fourth-order valence-corrected chi connectivity index (χ4v) is 4.39. The lowest BCUT2D eigenvalue weighted by molar-refractivity contribution is -0.136. The third kappa shape index (κ3) is 6.66. The quantitative estimate of drug-likeness (QED) is 0.211. The van der Waals surface area contributed by atoms with Crippen LogP contribution in [0.25, 0.3) is 6.08 Å². The second kappa shape index (κ2) is 13.1. The number of hydrogen-bond acceptors (Lipinski definition) is 8. The Kier molecular flexibility index (Phi) is 9.38. The molecule has 1 aliphatic heterocycles. The van der Waals surface area contributed by atoms with E-state index in [0.717, 1.165) is 4.47 Å². The lowest BCUT2D eigenvalue weighted by Gasteiger charge is -2.17. The number of anilines is 2. The number of ether oxygens (including phenoxy) is 2. The molecule has 42 heavy (non-hydrogen) atoms. The van der Waals surface area contributed by atoms with Crippen LogP contribution < -0.4 is 15.5 Å². The van der Waals surface area contributed by atoms with Crippen molar-refractivity contribution in [2.24, 2.45) is 0 Å². The second-order valence-corrected chi connectivity index (χ2v) is 9.78. The number of amides is 3. The summed E-state index contributed by atoms with van der Waals surface area (Å²) in [7, 11) is 1.23. The predicted octanol–water partition coefficient (Wildman–Crippen LogP) is 4.35. The molecule has 216 valence electrons. The number of esters is 2. The number of rotatable bonds is 8. The molecule has 0 unspecified atom stereocenters. The van der Waals surface area contributed by atoms with E-state index in [4.69, 9.17) is 13.9 Å². The number of carbonyl (C=O) groups is 5. The van der Waals surface area contributed by atoms with Crippen molar-refractivity contribution < 1.29 is 37.9 Å². The van der Waals surface area contributed by atoms with Gasteiger partial charge in [-0.05, 0) is 80.6 Å². The highest BCUT2D eigenvalue weighted by atomic mass is 79.9. The first-order valence-electron chi connectivity index (χ1n) is 12.7. The van der Waals surface area contributed by atoms with Crippen molar-refractivity contribution in [2.75, 3.05) is 23.9 Å². The molecule has 12 heteroatoms. The van der Waals surface area contributed by atoms with Gasteiger partial charge in [-0.1, -0.05) is 15.9 Å². The zero-order valence-corrected chi connectivity index (χ0v) is 24.4. The van der Waals surface area contributed by atoms with Crippen molar-refractivity contribution in [2.45, 2.75) is 20.4 Å². The van der Waals surface area contributed by atoms with Crippen LogP contribution in [-0.4, -0.2) is 43.4 Å². The lowest BCUT2D eigenvalue weighted by atomic mass is 10.1. The first-order chi connectivity index (χ1) is 20.1. The molecule has 3 amide bonds. The molecule has 4 rings (SSSR count). The molecule has 11 nitrogen and oxygen atoms in total. The molecular weight excluding hydrogens is 610 g/mol. The Bertz CT molecular complexity index is 1600.